The summed E-state index contributed by atoms with van der Waals surface area (Å²) < 4.78 is 15.5. The molecular weight excluding hydrogens is 363 g/mol. The standard InChI is InChI=1S/C20H21FN4OS/c1-12-18(27-11-22-12)19(26)24-16-8-20(2,3)9-17-15(16)10-23-25(17)14-6-4-5-13(21)7-14/h4-7,10-11,16H,8-9H2,1-3H3,(H,24,26). The summed E-state index contributed by atoms with van der Waals surface area (Å²) in [6.45, 7) is 6.19. The molecule has 0 radical (unpaired) electrons. The first-order chi connectivity index (χ1) is 12.8. The number of thiazole rings is 1. The Morgan fingerprint density at radius 2 is 2.22 bits per heavy atom. The van der Waals surface area contributed by atoms with Crippen molar-refractivity contribution in [1.29, 1.82) is 0 Å². The molecule has 0 saturated heterocycles. The normalized spacial score (nSPS) is 18.1. The number of carbonyl (C=O) groups is 1. The van der Waals surface area contributed by atoms with Crippen molar-refractivity contribution in [3.63, 3.8) is 0 Å². The smallest absolute Gasteiger partial charge is 0.263 e. The maximum absolute atomic E-state index is 13.7. The third-order valence-corrected chi connectivity index (χ3v) is 5.92. The van der Waals surface area contributed by atoms with Crippen LogP contribution in [0.5, 0.6) is 0 Å². The van der Waals surface area contributed by atoms with Gasteiger partial charge in [-0.2, -0.15) is 5.10 Å². The van der Waals surface area contributed by atoms with Crippen LogP contribution >= 0.6 is 11.3 Å². The first-order valence-corrected chi connectivity index (χ1v) is 9.76. The van der Waals surface area contributed by atoms with Crippen molar-refractivity contribution in [3.05, 3.63) is 63.6 Å². The van der Waals surface area contributed by atoms with Gasteiger partial charge in [-0.05, 0) is 43.4 Å². The van der Waals surface area contributed by atoms with Gasteiger partial charge in [0, 0.05) is 5.56 Å². The summed E-state index contributed by atoms with van der Waals surface area (Å²) >= 11 is 1.35. The minimum Gasteiger partial charge on any atom is -0.344 e. The van der Waals surface area contributed by atoms with E-state index in [4.69, 9.17) is 0 Å². The number of nitrogens with one attached hydrogen (secondary N) is 1. The molecule has 1 unspecified atom stereocenters. The van der Waals surface area contributed by atoms with Crippen molar-refractivity contribution < 1.29 is 9.18 Å². The Bertz CT molecular complexity index is 1010. The molecule has 4 rings (SSSR count). The van der Waals surface area contributed by atoms with Gasteiger partial charge in [0.2, 0.25) is 0 Å². The van der Waals surface area contributed by atoms with Crippen LogP contribution in [0.4, 0.5) is 4.39 Å². The van der Waals surface area contributed by atoms with Gasteiger partial charge in [-0.25, -0.2) is 14.1 Å². The van der Waals surface area contributed by atoms with Crippen molar-refractivity contribution in [1.82, 2.24) is 20.1 Å². The molecule has 0 bridgehead atoms. The molecule has 3 aromatic rings. The molecule has 140 valence electrons. The molecule has 0 spiro atoms. The van der Waals surface area contributed by atoms with Crippen molar-refractivity contribution in [2.24, 2.45) is 5.41 Å². The van der Waals surface area contributed by atoms with E-state index in [1.54, 1.807) is 22.5 Å². The second-order valence-electron chi connectivity index (χ2n) is 7.78. The Morgan fingerprint density at radius 3 is 2.93 bits per heavy atom. The Hall–Kier alpha value is -2.54. The summed E-state index contributed by atoms with van der Waals surface area (Å²) in [6, 6.07) is 6.28. The maximum atomic E-state index is 13.7. The second-order valence-corrected chi connectivity index (χ2v) is 8.63. The van der Waals surface area contributed by atoms with Crippen LogP contribution in [0.15, 0.2) is 36.0 Å². The highest BCUT2D eigenvalue weighted by Crippen LogP contribution is 2.41. The number of fused-ring (bicyclic) bond motifs is 1. The fourth-order valence-electron chi connectivity index (χ4n) is 3.75. The minimum atomic E-state index is -0.294. The molecule has 0 saturated carbocycles. The zero-order valence-corrected chi connectivity index (χ0v) is 16.3. The summed E-state index contributed by atoms with van der Waals surface area (Å²) in [5, 5.41) is 7.66. The third kappa shape index (κ3) is 3.39. The molecule has 0 aliphatic heterocycles. The number of amides is 1. The molecular formula is C20H21FN4OS. The van der Waals surface area contributed by atoms with Crippen LogP contribution in [0.3, 0.4) is 0 Å². The maximum Gasteiger partial charge on any atom is 0.263 e. The molecule has 1 atom stereocenters. The van der Waals surface area contributed by atoms with Crippen LogP contribution in [0.1, 0.15) is 52.9 Å². The zero-order chi connectivity index (χ0) is 19.2. The molecule has 1 N–H and O–H groups in total. The van der Waals surface area contributed by atoms with Crippen LogP contribution in [-0.4, -0.2) is 20.7 Å². The molecule has 1 aliphatic carbocycles. The molecule has 1 aliphatic rings. The monoisotopic (exact) mass is 384 g/mol. The van der Waals surface area contributed by atoms with E-state index >= 15 is 0 Å². The Kier molecular flexibility index (Phi) is 4.34. The SMILES string of the molecule is Cc1ncsc1C(=O)NC1CC(C)(C)Cc2c1cnn2-c1cccc(F)c1. The molecule has 27 heavy (non-hydrogen) atoms. The first-order valence-electron chi connectivity index (χ1n) is 8.88. The molecule has 7 heteroatoms. The lowest BCUT2D eigenvalue weighted by molar-refractivity contribution is 0.0922. The molecule has 1 amide bonds. The lowest BCUT2D eigenvalue weighted by Gasteiger charge is -2.35. The van der Waals surface area contributed by atoms with E-state index in [9.17, 15) is 9.18 Å². The third-order valence-electron chi connectivity index (χ3n) is 4.99. The van der Waals surface area contributed by atoms with Gasteiger partial charge < -0.3 is 5.32 Å². The van der Waals surface area contributed by atoms with Gasteiger partial charge in [0.05, 0.1) is 34.8 Å². The van der Waals surface area contributed by atoms with Crippen molar-refractivity contribution in [2.45, 2.75) is 39.7 Å². The quantitative estimate of drug-likeness (QED) is 0.735. The van der Waals surface area contributed by atoms with E-state index in [0.29, 0.717) is 10.6 Å². The highest BCUT2D eigenvalue weighted by molar-refractivity contribution is 7.11. The largest absolute Gasteiger partial charge is 0.344 e. The Balaban J connectivity index is 1.70. The lowest BCUT2D eigenvalue weighted by atomic mass is 9.74. The van der Waals surface area contributed by atoms with Crippen LogP contribution in [0.2, 0.25) is 0 Å². The number of hydrogen-bond acceptors (Lipinski definition) is 4. The molecule has 0 fully saturated rings. The number of rotatable bonds is 3. The fourth-order valence-corrected chi connectivity index (χ4v) is 4.45. The average Bonchev–Trinajstić information content (AvgIpc) is 3.20. The predicted octanol–water partition coefficient (Wildman–Crippen LogP) is 4.22. The van der Waals surface area contributed by atoms with E-state index < -0.39 is 0 Å². The summed E-state index contributed by atoms with van der Waals surface area (Å²) in [5.41, 5.74) is 5.11. The van der Waals surface area contributed by atoms with Crippen LogP contribution in [0.25, 0.3) is 5.69 Å². The topological polar surface area (TPSA) is 59.8 Å². The van der Waals surface area contributed by atoms with Gasteiger partial charge in [-0.15, -0.1) is 11.3 Å². The number of aromatic nitrogens is 3. The number of halogens is 1. The van der Waals surface area contributed by atoms with Gasteiger partial charge in [0.25, 0.3) is 5.91 Å². The molecule has 1 aromatic carbocycles. The lowest BCUT2D eigenvalue weighted by Crippen LogP contribution is -2.36. The minimum absolute atomic E-state index is 0.0151. The van der Waals surface area contributed by atoms with Gasteiger partial charge >= 0.3 is 0 Å². The fraction of sp³-hybridized carbons (Fsp3) is 0.350. The number of hydrogen-bond donors (Lipinski definition) is 1. The highest BCUT2D eigenvalue weighted by Gasteiger charge is 2.36. The van der Waals surface area contributed by atoms with Crippen molar-refractivity contribution in [2.75, 3.05) is 0 Å². The summed E-state index contributed by atoms with van der Waals surface area (Å²) in [7, 11) is 0. The van der Waals surface area contributed by atoms with E-state index in [-0.39, 0.29) is 23.2 Å². The number of carbonyl (C=O) groups excluding carboxylic acids is 1. The average molecular weight is 384 g/mol. The number of nitrogens with zero attached hydrogens (tertiary/aromatic N) is 3. The molecule has 2 aromatic heterocycles. The Morgan fingerprint density at radius 1 is 1.41 bits per heavy atom. The van der Waals surface area contributed by atoms with Crippen molar-refractivity contribution in [3.8, 4) is 5.69 Å². The van der Waals surface area contributed by atoms with Gasteiger partial charge in [0.15, 0.2) is 0 Å². The van der Waals surface area contributed by atoms with Crippen LogP contribution < -0.4 is 5.32 Å². The van der Waals surface area contributed by atoms with Gasteiger partial charge in [-0.1, -0.05) is 19.9 Å². The summed E-state index contributed by atoms with van der Waals surface area (Å²) in [6.07, 6.45) is 3.42. The number of benzene rings is 1. The molecule has 5 nitrogen and oxygen atoms in total. The van der Waals surface area contributed by atoms with E-state index in [1.165, 1.54) is 23.5 Å². The van der Waals surface area contributed by atoms with Crippen molar-refractivity contribution >= 4 is 17.2 Å². The number of aryl methyl sites for hydroxylation is 1. The van der Waals surface area contributed by atoms with Gasteiger partial charge in [-0.3, -0.25) is 4.79 Å². The molecule has 2 heterocycles. The van der Waals surface area contributed by atoms with Crippen LogP contribution in [0, 0.1) is 18.2 Å². The second kappa shape index (κ2) is 6.56. The highest BCUT2D eigenvalue weighted by atomic mass is 32.1. The first kappa shape index (κ1) is 17.9. The summed E-state index contributed by atoms with van der Waals surface area (Å²) in [4.78, 5) is 17.5. The van der Waals surface area contributed by atoms with E-state index in [0.717, 1.165) is 29.8 Å². The Labute approximate surface area is 161 Å². The zero-order valence-electron chi connectivity index (χ0n) is 15.5. The van der Waals surface area contributed by atoms with E-state index in [1.807, 2.05) is 13.0 Å². The van der Waals surface area contributed by atoms with Crippen LogP contribution in [-0.2, 0) is 6.42 Å². The summed E-state index contributed by atoms with van der Waals surface area (Å²) in [5.74, 6) is -0.403. The predicted molar refractivity (Wildman–Crippen MR) is 103 cm³/mol. The van der Waals surface area contributed by atoms with E-state index in [2.05, 4.69) is 29.2 Å². The van der Waals surface area contributed by atoms with Gasteiger partial charge in [0.1, 0.15) is 10.7 Å².